The third-order valence-corrected chi connectivity index (χ3v) is 5.87. The van der Waals surface area contributed by atoms with Crippen LogP contribution in [-0.4, -0.2) is 34.3 Å². The van der Waals surface area contributed by atoms with Crippen molar-refractivity contribution in [2.75, 3.05) is 12.4 Å². The minimum absolute atomic E-state index is 0.108. The summed E-state index contributed by atoms with van der Waals surface area (Å²) in [7, 11) is 1.52. The highest BCUT2D eigenvalue weighted by atomic mass is 32.2. The van der Waals surface area contributed by atoms with Crippen LogP contribution in [0.3, 0.4) is 0 Å². The summed E-state index contributed by atoms with van der Waals surface area (Å²) in [6.07, 6.45) is 5.98. The summed E-state index contributed by atoms with van der Waals surface area (Å²) in [5.74, 6) is 0.100. The lowest BCUT2D eigenvalue weighted by atomic mass is 9.88. The standard InChI is InChI=1S/C18H22N2O3S/c1-20-17(22)15(24-18(20)23)11-12-7-9-14(10-8-12)19-16(21)13-5-3-2-4-6-13/h7-10,13,15H,2-6,11H2,1H3,(H,19,21). The second-order valence-electron chi connectivity index (χ2n) is 6.49. The first-order valence-electron chi connectivity index (χ1n) is 8.42. The smallest absolute Gasteiger partial charge is 0.288 e. The van der Waals surface area contributed by atoms with Crippen LogP contribution in [0, 0.1) is 5.92 Å². The average Bonchev–Trinajstić information content (AvgIpc) is 2.84. The van der Waals surface area contributed by atoms with Gasteiger partial charge in [-0.2, -0.15) is 0 Å². The molecule has 1 unspecified atom stereocenters. The van der Waals surface area contributed by atoms with Crippen molar-refractivity contribution in [2.24, 2.45) is 5.92 Å². The van der Waals surface area contributed by atoms with Crippen molar-refractivity contribution in [1.82, 2.24) is 4.90 Å². The summed E-state index contributed by atoms with van der Waals surface area (Å²) < 4.78 is 0. The van der Waals surface area contributed by atoms with E-state index in [-0.39, 0.29) is 28.2 Å². The van der Waals surface area contributed by atoms with E-state index in [0.29, 0.717) is 6.42 Å². The molecule has 2 aliphatic rings. The highest BCUT2D eigenvalue weighted by Crippen LogP contribution is 2.29. The Hall–Kier alpha value is -1.82. The van der Waals surface area contributed by atoms with Gasteiger partial charge in [0.15, 0.2) is 0 Å². The molecule has 3 rings (SSSR count). The topological polar surface area (TPSA) is 66.5 Å². The van der Waals surface area contributed by atoms with E-state index in [1.807, 2.05) is 24.3 Å². The Kier molecular flexibility index (Phi) is 5.23. The van der Waals surface area contributed by atoms with Crippen molar-refractivity contribution in [2.45, 2.75) is 43.8 Å². The van der Waals surface area contributed by atoms with Gasteiger partial charge in [-0.25, -0.2) is 0 Å². The normalized spacial score (nSPS) is 22.0. The number of imide groups is 1. The third-order valence-electron chi connectivity index (χ3n) is 4.74. The number of hydrogen-bond donors (Lipinski definition) is 1. The van der Waals surface area contributed by atoms with Gasteiger partial charge in [-0.1, -0.05) is 43.2 Å². The molecule has 1 N–H and O–H groups in total. The lowest BCUT2D eigenvalue weighted by Crippen LogP contribution is -2.28. The molecule has 1 saturated carbocycles. The molecule has 1 saturated heterocycles. The fourth-order valence-corrected chi connectivity index (χ4v) is 4.26. The fraction of sp³-hybridized carbons (Fsp3) is 0.500. The zero-order valence-electron chi connectivity index (χ0n) is 13.8. The van der Waals surface area contributed by atoms with Crippen LogP contribution in [-0.2, 0) is 16.0 Å². The number of thioether (sulfide) groups is 1. The van der Waals surface area contributed by atoms with Crippen LogP contribution in [0.25, 0.3) is 0 Å². The lowest BCUT2D eigenvalue weighted by Gasteiger charge is -2.20. The highest BCUT2D eigenvalue weighted by Gasteiger charge is 2.36. The molecule has 0 radical (unpaired) electrons. The molecule has 0 aromatic heterocycles. The molecule has 1 aromatic carbocycles. The van der Waals surface area contributed by atoms with E-state index < -0.39 is 0 Å². The van der Waals surface area contributed by atoms with E-state index in [9.17, 15) is 14.4 Å². The number of nitrogens with zero attached hydrogens (tertiary/aromatic N) is 1. The Labute approximate surface area is 146 Å². The van der Waals surface area contributed by atoms with Crippen molar-refractivity contribution in [3.05, 3.63) is 29.8 Å². The van der Waals surface area contributed by atoms with Gasteiger partial charge in [0.05, 0.1) is 5.25 Å². The Balaban J connectivity index is 1.56. The van der Waals surface area contributed by atoms with Gasteiger partial charge in [-0.05, 0) is 37.0 Å². The summed E-state index contributed by atoms with van der Waals surface area (Å²) in [6.45, 7) is 0. The highest BCUT2D eigenvalue weighted by molar-refractivity contribution is 8.15. The van der Waals surface area contributed by atoms with Crippen LogP contribution in [0.2, 0.25) is 0 Å². The number of benzene rings is 1. The van der Waals surface area contributed by atoms with Crippen molar-refractivity contribution < 1.29 is 14.4 Å². The van der Waals surface area contributed by atoms with Crippen LogP contribution in [0.4, 0.5) is 10.5 Å². The maximum atomic E-state index is 12.2. The molecule has 6 heteroatoms. The molecule has 2 fully saturated rings. The molecule has 1 aliphatic carbocycles. The molecule has 1 aliphatic heterocycles. The minimum atomic E-state index is -0.342. The second kappa shape index (κ2) is 7.38. The molecule has 1 heterocycles. The molecule has 0 bridgehead atoms. The number of carbonyl (C=O) groups excluding carboxylic acids is 3. The first kappa shape index (κ1) is 17.0. The van der Waals surface area contributed by atoms with E-state index in [1.165, 1.54) is 18.4 Å². The van der Waals surface area contributed by atoms with Crippen LogP contribution in [0.5, 0.6) is 0 Å². The molecule has 5 nitrogen and oxygen atoms in total. The predicted octanol–water partition coefficient (Wildman–Crippen LogP) is 3.44. The predicted molar refractivity (Wildman–Crippen MR) is 94.9 cm³/mol. The van der Waals surface area contributed by atoms with E-state index in [4.69, 9.17) is 0 Å². The van der Waals surface area contributed by atoms with E-state index in [0.717, 1.165) is 48.7 Å². The van der Waals surface area contributed by atoms with Crippen molar-refractivity contribution in [3.8, 4) is 0 Å². The lowest BCUT2D eigenvalue weighted by molar-refractivity contribution is -0.125. The summed E-state index contributed by atoms with van der Waals surface area (Å²) >= 11 is 1.08. The van der Waals surface area contributed by atoms with Crippen LogP contribution < -0.4 is 5.32 Å². The Morgan fingerprint density at radius 2 is 1.83 bits per heavy atom. The summed E-state index contributed by atoms with van der Waals surface area (Å²) in [4.78, 5) is 36.9. The summed E-state index contributed by atoms with van der Waals surface area (Å²) in [5.41, 5.74) is 1.77. The molecule has 1 atom stereocenters. The molecule has 0 spiro atoms. The number of rotatable bonds is 4. The van der Waals surface area contributed by atoms with Gasteiger partial charge in [0.1, 0.15) is 0 Å². The zero-order valence-corrected chi connectivity index (χ0v) is 14.6. The molecule has 1 aromatic rings. The Bertz CT molecular complexity index is 638. The first-order chi connectivity index (χ1) is 11.5. The summed E-state index contributed by atoms with van der Waals surface area (Å²) in [6, 6.07) is 7.55. The SMILES string of the molecule is CN1C(=O)SC(Cc2ccc(NC(=O)C3CCCCC3)cc2)C1=O. The monoisotopic (exact) mass is 346 g/mol. The van der Waals surface area contributed by atoms with Crippen molar-refractivity contribution >= 4 is 34.5 Å². The van der Waals surface area contributed by atoms with Crippen molar-refractivity contribution in [1.29, 1.82) is 0 Å². The number of amides is 3. The largest absolute Gasteiger partial charge is 0.326 e. The van der Waals surface area contributed by atoms with Gasteiger partial charge >= 0.3 is 0 Å². The Morgan fingerprint density at radius 3 is 2.42 bits per heavy atom. The fourth-order valence-electron chi connectivity index (χ4n) is 3.23. The van der Waals surface area contributed by atoms with Crippen LogP contribution in [0.1, 0.15) is 37.7 Å². The number of hydrogen-bond acceptors (Lipinski definition) is 4. The van der Waals surface area contributed by atoms with Crippen LogP contribution >= 0.6 is 11.8 Å². The summed E-state index contributed by atoms with van der Waals surface area (Å²) in [5, 5.41) is 2.45. The third kappa shape index (κ3) is 3.80. The van der Waals surface area contributed by atoms with Gasteiger partial charge in [-0.15, -0.1) is 0 Å². The molecule has 128 valence electrons. The van der Waals surface area contributed by atoms with Crippen molar-refractivity contribution in [3.63, 3.8) is 0 Å². The second-order valence-corrected chi connectivity index (χ2v) is 7.65. The maximum Gasteiger partial charge on any atom is 0.288 e. The van der Waals surface area contributed by atoms with E-state index in [1.54, 1.807) is 0 Å². The van der Waals surface area contributed by atoms with Gasteiger partial charge in [0.25, 0.3) is 5.24 Å². The Morgan fingerprint density at radius 1 is 1.17 bits per heavy atom. The zero-order chi connectivity index (χ0) is 17.1. The van der Waals surface area contributed by atoms with Gasteiger partial charge in [0, 0.05) is 18.7 Å². The number of nitrogens with one attached hydrogen (secondary N) is 1. The number of anilines is 1. The maximum absolute atomic E-state index is 12.2. The van der Waals surface area contributed by atoms with Gasteiger partial charge < -0.3 is 5.32 Å². The van der Waals surface area contributed by atoms with Gasteiger partial charge in [-0.3, -0.25) is 19.3 Å². The van der Waals surface area contributed by atoms with E-state index >= 15 is 0 Å². The van der Waals surface area contributed by atoms with E-state index in [2.05, 4.69) is 5.32 Å². The molecular formula is C18H22N2O3S. The average molecular weight is 346 g/mol. The molecule has 24 heavy (non-hydrogen) atoms. The van der Waals surface area contributed by atoms with Gasteiger partial charge in [0.2, 0.25) is 11.8 Å². The quantitative estimate of drug-likeness (QED) is 0.907. The minimum Gasteiger partial charge on any atom is -0.326 e. The number of carbonyl (C=O) groups is 3. The molecule has 3 amide bonds. The first-order valence-corrected chi connectivity index (χ1v) is 9.30. The molecular weight excluding hydrogens is 324 g/mol. The van der Waals surface area contributed by atoms with Crippen LogP contribution in [0.15, 0.2) is 24.3 Å².